The van der Waals surface area contributed by atoms with E-state index in [-0.39, 0.29) is 0 Å². The lowest BCUT2D eigenvalue weighted by molar-refractivity contribution is 0.294. The van der Waals surface area contributed by atoms with Gasteiger partial charge < -0.3 is 10.5 Å². The number of rotatable bonds is 7. The Morgan fingerprint density at radius 2 is 1.89 bits per heavy atom. The maximum Gasteiger partial charge on any atom is 0.213 e. The van der Waals surface area contributed by atoms with E-state index in [9.17, 15) is 0 Å². The van der Waals surface area contributed by atoms with Crippen LogP contribution in [0.15, 0.2) is 30.3 Å². The molecule has 1 aromatic carbocycles. The Kier molecular flexibility index (Phi) is 5.01. The minimum absolute atomic E-state index is 0.702. The normalized spacial score (nSPS) is 10.8. The molecule has 2 rings (SSSR count). The summed E-state index contributed by atoms with van der Waals surface area (Å²) < 4.78 is 5.68. The highest BCUT2D eigenvalue weighted by atomic mass is 16.5. The van der Waals surface area contributed by atoms with Crippen LogP contribution in [0, 0.1) is 0 Å². The Bertz CT molecular complexity index is 525. The summed E-state index contributed by atoms with van der Waals surface area (Å²) in [6.45, 7) is 2.97. The first-order valence-electron chi connectivity index (χ1n) is 7.08. The fourth-order valence-electron chi connectivity index (χ4n) is 2.09. The van der Waals surface area contributed by atoms with Crippen LogP contribution < -0.4 is 10.5 Å². The van der Waals surface area contributed by atoms with Gasteiger partial charge in [-0.3, -0.25) is 0 Å². The molecule has 0 bridgehead atoms. The molecule has 3 nitrogen and oxygen atoms in total. The van der Waals surface area contributed by atoms with Crippen LogP contribution >= 0.6 is 0 Å². The first-order chi connectivity index (χ1) is 9.29. The number of nitrogens with zero attached hydrogens (tertiary/aromatic N) is 1. The fourth-order valence-corrected chi connectivity index (χ4v) is 2.09. The second kappa shape index (κ2) is 6.98. The predicted octanol–water partition coefficient (Wildman–Crippen LogP) is 4.17. The summed E-state index contributed by atoms with van der Waals surface area (Å²) in [6, 6.07) is 9.64. The topological polar surface area (TPSA) is 48.1 Å². The van der Waals surface area contributed by atoms with Crippen LogP contribution in [0.3, 0.4) is 0 Å². The highest BCUT2D eigenvalue weighted by Gasteiger charge is 2.00. The van der Waals surface area contributed by atoms with Crippen LogP contribution in [0.5, 0.6) is 5.88 Å². The molecule has 0 aliphatic carbocycles. The quantitative estimate of drug-likeness (QED) is 0.599. The summed E-state index contributed by atoms with van der Waals surface area (Å²) in [5.74, 6) is 0.702. The first-order valence-corrected chi connectivity index (χ1v) is 7.08. The lowest BCUT2D eigenvalue weighted by Crippen LogP contribution is -1.99. The van der Waals surface area contributed by atoms with E-state index in [1.165, 1.54) is 25.7 Å². The van der Waals surface area contributed by atoms with Gasteiger partial charge in [0.2, 0.25) is 5.88 Å². The molecule has 0 amide bonds. The molecule has 0 aliphatic heterocycles. The Morgan fingerprint density at radius 1 is 1.05 bits per heavy atom. The molecular weight excluding hydrogens is 236 g/mol. The Labute approximate surface area is 114 Å². The molecule has 2 N–H and O–H groups in total. The van der Waals surface area contributed by atoms with Crippen molar-refractivity contribution in [3.63, 3.8) is 0 Å². The zero-order chi connectivity index (χ0) is 13.5. The zero-order valence-corrected chi connectivity index (χ0v) is 11.6. The lowest BCUT2D eigenvalue weighted by Gasteiger charge is -2.06. The SMILES string of the molecule is CCCCCCCOc1ccc2cc(N)ccc2n1. The van der Waals surface area contributed by atoms with E-state index in [0.717, 1.165) is 29.6 Å². The number of ether oxygens (including phenoxy) is 1. The summed E-state index contributed by atoms with van der Waals surface area (Å²) in [5.41, 5.74) is 7.43. The number of unbranched alkanes of at least 4 members (excludes halogenated alkanes) is 4. The first kappa shape index (κ1) is 13.7. The van der Waals surface area contributed by atoms with Crippen LogP contribution in [0.2, 0.25) is 0 Å². The van der Waals surface area contributed by atoms with E-state index in [4.69, 9.17) is 10.5 Å². The number of pyridine rings is 1. The van der Waals surface area contributed by atoms with Crippen molar-refractivity contribution in [1.82, 2.24) is 4.98 Å². The van der Waals surface area contributed by atoms with Crippen molar-refractivity contribution in [3.8, 4) is 5.88 Å². The second-order valence-electron chi connectivity index (χ2n) is 4.86. The number of anilines is 1. The summed E-state index contributed by atoms with van der Waals surface area (Å²) in [7, 11) is 0. The molecular formula is C16H22N2O. The largest absolute Gasteiger partial charge is 0.478 e. The minimum Gasteiger partial charge on any atom is -0.478 e. The molecule has 102 valence electrons. The maximum atomic E-state index is 5.74. The second-order valence-corrected chi connectivity index (χ2v) is 4.86. The van der Waals surface area contributed by atoms with Gasteiger partial charge >= 0.3 is 0 Å². The van der Waals surface area contributed by atoms with Gasteiger partial charge in [0.1, 0.15) is 0 Å². The summed E-state index contributed by atoms with van der Waals surface area (Å²) in [5, 5.41) is 1.05. The van der Waals surface area contributed by atoms with E-state index < -0.39 is 0 Å². The zero-order valence-electron chi connectivity index (χ0n) is 11.6. The van der Waals surface area contributed by atoms with E-state index in [1.807, 2.05) is 30.3 Å². The van der Waals surface area contributed by atoms with E-state index in [0.29, 0.717) is 5.88 Å². The third-order valence-corrected chi connectivity index (χ3v) is 3.19. The van der Waals surface area contributed by atoms with Crippen LogP contribution in [0.1, 0.15) is 39.0 Å². The molecule has 0 aliphatic rings. The van der Waals surface area contributed by atoms with Gasteiger partial charge in [-0.1, -0.05) is 32.6 Å². The molecule has 0 saturated heterocycles. The van der Waals surface area contributed by atoms with Crippen molar-refractivity contribution < 1.29 is 4.74 Å². The molecule has 0 radical (unpaired) electrons. The van der Waals surface area contributed by atoms with Crippen LogP contribution in [0.4, 0.5) is 5.69 Å². The van der Waals surface area contributed by atoms with Crippen molar-refractivity contribution in [1.29, 1.82) is 0 Å². The monoisotopic (exact) mass is 258 g/mol. The van der Waals surface area contributed by atoms with Crippen LogP contribution in [-0.2, 0) is 0 Å². The van der Waals surface area contributed by atoms with E-state index in [1.54, 1.807) is 0 Å². The maximum absolute atomic E-state index is 5.74. The molecule has 1 aromatic heterocycles. The fraction of sp³-hybridized carbons (Fsp3) is 0.438. The van der Waals surface area contributed by atoms with Crippen molar-refractivity contribution in [2.45, 2.75) is 39.0 Å². The van der Waals surface area contributed by atoms with Crippen molar-refractivity contribution in [3.05, 3.63) is 30.3 Å². The molecule has 3 heteroatoms. The Hall–Kier alpha value is -1.77. The number of benzene rings is 1. The highest BCUT2D eigenvalue weighted by molar-refractivity contribution is 5.82. The lowest BCUT2D eigenvalue weighted by atomic mass is 10.2. The van der Waals surface area contributed by atoms with Gasteiger partial charge in [0, 0.05) is 17.1 Å². The molecule has 0 unspecified atom stereocenters. The minimum atomic E-state index is 0.702. The van der Waals surface area contributed by atoms with Gasteiger partial charge in [-0.15, -0.1) is 0 Å². The van der Waals surface area contributed by atoms with Gasteiger partial charge in [-0.05, 0) is 30.7 Å². The van der Waals surface area contributed by atoms with Crippen LogP contribution in [0.25, 0.3) is 10.9 Å². The number of nitrogen functional groups attached to an aromatic ring is 1. The highest BCUT2D eigenvalue weighted by Crippen LogP contribution is 2.19. The summed E-state index contributed by atoms with van der Waals surface area (Å²) >= 11 is 0. The smallest absolute Gasteiger partial charge is 0.213 e. The molecule has 0 saturated carbocycles. The number of fused-ring (bicyclic) bond motifs is 1. The average molecular weight is 258 g/mol. The molecule has 0 fully saturated rings. The van der Waals surface area contributed by atoms with Crippen molar-refractivity contribution in [2.75, 3.05) is 12.3 Å². The Morgan fingerprint density at radius 3 is 2.74 bits per heavy atom. The van der Waals surface area contributed by atoms with E-state index in [2.05, 4.69) is 11.9 Å². The molecule has 0 spiro atoms. The van der Waals surface area contributed by atoms with Gasteiger partial charge in [0.05, 0.1) is 12.1 Å². The third-order valence-electron chi connectivity index (χ3n) is 3.19. The van der Waals surface area contributed by atoms with Crippen molar-refractivity contribution >= 4 is 16.6 Å². The molecule has 0 atom stereocenters. The van der Waals surface area contributed by atoms with Crippen LogP contribution in [-0.4, -0.2) is 11.6 Å². The van der Waals surface area contributed by atoms with E-state index >= 15 is 0 Å². The molecule has 19 heavy (non-hydrogen) atoms. The van der Waals surface area contributed by atoms with Crippen molar-refractivity contribution in [2.24, 2.45) is 0 Å². The standard InChI is InChI=1S/C16H22N2O/c1-2-3-4-5-6-11-19-16-10-7-13-12-14(17)8-9-15(13)18-16/h7-10,12H,2-6,11,17H2,1H3. The Balaban J connectivity index is 1.86. The predicted molar refractivity (Wildman–Crippen MR) is 80.4 cm³/mol. The third kappa shape index (κ3) is 4.12. The van der Waals surface area contributed by atoms with Gasteiger partial charge in [-0.2, -0.15) is 0 Å². The molecule has 1 heterocycles. The number of aromatic nitrogens is 1. The summed E-state index contributed by atoms with van der Waals surface area (Å²) in [6.07, 6.45) is 6.22. The number of nitrogens with two attached hydrogens (primary N) is 1. The van der Waals surface area contributed by atoms with Gasteiger partial charge in [0.25, 0.3) is 0 Å². The summed E-state index contributed by atoms with van der Waals surface area (Å²) in [4.78, 5) is 4.47. The molecule has 2 aromatic rings. The number of hydrogen-bond acceptors (Lipinski definition) is 3. The van der Waals surface area contributed by atoms with Gasteiger partial charge in [-0.25, -0.2) is 4.98 Å². The number of hydrogen-bond donors (Lipinski definition) is 1. The van der Waals surface area contributed by atoms with Gasteiger partial charge in [0.15, 0.2) is 0 Å². The average Bonchev–Trinajstić information content (AvgIpc) is 2.43.